The first-order chi connectivity index (χ1) is 17.0. The number of amides is 1. The molecule has 0 radical (unpaired) electrons. The number of carbonyl (C=O) groups is 1. The number of ether oxygens (including phenoxy) is 1. The molecule has 8 heteroatoms. The Bertz CT molecular complexity index is 1230. The summed E-state index contributed by atoms with van der Waals surface area (Å²) in [6.45, 7) is 7.08. The Morgan fingerprint density at radius 2 is 1.92 bits per heavy atom. The molecule has 3 aromatic rings. The molecule has 1 amide bonds. The van der Waals surface area contributed by atoms with Crippen LogP contribution >= 0.6 is 0 Å². The van der Waals surface area contributed by atoms with Crippen molar-refractivity contribution in [1.29, 1.82) is 5.26 Å². The van der Waals surface area contributed by atoms with Gasteiger partial charge in [0.1, 0.15) is 23.2 Å². The van der Waals surface area contributed by atoms with Gasteiger partial charge in [0.05, 0.1) is 17.4 Å². The van der Waals surface area contributed by atoms with E-state index in [1.807, 2.05) is 55.9 Å². The second-order valence-electron chi connectivity index (χ2n) is 9.69. The van der Waals surface area contributed by atoms with Gasteiger partial charge < -0.3 is 24.8 Å². The van der Waals surface area contributed by atoms with Crippen molar-refractivity contribution in [3.8, 4) is 23.1 Å². The van der Waals surface area contributed by atoms with Crippen LogP contribution in [0.4, 0.5) is 0 Å². The Hall–Kier alpha value is -3.67. The molecule has 190 valence electrons. The number of nitrogens with one attached hydrogen (secondary N) is 1. The van der Waals surface area contributed by atoms with E-state index in [2.05, 4.69) is 16.4 Å². The quantitative estimate of drug-likeness (QED) is 0.399. The van der Waals surface area contributed by atoms with Crippen molar-refractivity contribution < 1.29 is 19.7 Å². The third-order valence-electron chi connectivity index (χ3n) is 5.69. The lowest BCUT2D eigenvalue weighted by Crippen LogP contribution is -2.37. The molecule has 3 N–H and O–H groups in total. The van der Waals surface area contributed by atoms with Gasteiger partial charge in [0.2, 0.25) is 0 Å². The summed E-state index contributed by atoms with van der Waals surface area (Å²) in [4.78, 5) is 17.5. The van der Waals surface area contributed by atoms with Crippen molar-refractivity contribution in [3.63, 3.8) is 0 Å². The average molecular weight is 491 g/mol. The third kappa shape index (κ3) is 6.72. The maximum absolute atomic E-state index is 12.9. The Morgan fingerprint density at radius 3 is 2.47 bits per heavy atom. The molecule has 1 aromatic heterocycles. The van der Waals surface area contributed by atoms with Crippen LogP contribution in [-0.4, -0.2) is 44.4 Å². The molecule has 1 heterocycles. The summed E-state index contributed by atoms with van der Waals surface area (Å²) in [5.41, 5.74) is 2.29. The summed E-state index contributed by atoms with van der Waals surface area (Å²) in [5, 5.41) is 32.3. The van der Waals surface area contributed by atoms with E-state index in [9.17, 15) is 20.3 Å². The molecule has 0 aliphatic carbocycles. The molecule has 0 saturated heterocycles. The second kappa shape index (κ2) is 11.4. The number of rotatable bonds is 10. The molecule has 0 aliphatic rings. The van der Waals surface area contributed by atoms with Gasteiger partial charge in [-0.1, -0.05) is 24.3 Å². The maximum atomic E-state index is 12.9. The number of nitrogens with zero attached hydrogens (tertiary/aromatic N) is 3. The van der Waals surface area contributed by atoms with E-state index in [0.29, 0.717) is 35.5 Å². The van der Waals surface area contributed by atoms with Gasteiger partial charge in [-0.05, 0) is 64.3 Å². The lowest BCUT2D eigenvalue weighted by Gasteiger charge is -2.19. The van der Waals surface area contributed by atoms with E-state index >= 15 is 0 Å². The Labute approximate surface area is 212 Å². The fraction of sp³-hybridized carbons (Fsp3) is 0.393. The molecule has 0 aliphatic heterocycles. The van der Waals surface area contributed by atoms with Crippen LogP contribution in [0.5, 0.6) is 5.75 Å². The van der Waals surface area contributed by atoms with Crippen molar-refractivity contribution in [2.75, 3.05) is 6.61 Å². The SMILES string of the molecule is CC(C)Oc1ccc(C(=O)N[C@H](CCO)Cc2ccc(-c3cn(C)c(C(C)(C)O)n3)cc2)cc1C#N. The standard InChI is InChI=1S/C28H34N4O4/c1-18(2)36-25-11-10-21(15-22(25)16-29)26(34)30-23(12-13-33)14-19-6-8-20(9-7-19)24-17-32(5)27(31-24)28(3,4)35/h6-11,15,17-18,23,33,35H,12-14H2,1-5H3,(H,30,34)/t23-/m1/s1. The Balaban J connectivity index is 1.72. The molecular weight excluding hydrogens is 456 g/mol. The summed E-state index contributed by atoms with van der Waals surface area (Å²) in [7, 11) is 1.85. The van der Waals surface area contributed by atoms with Crippen LogP contribution in [0.25, 0.3) is 11.3 Å². The zero-order valence-electron chi connectivity index (χ0n) is 21.4. The topological polar surface area (TPSA) is 120 Å². The minimum absolute atomic E-state index is 0.0682. The van der Waals surface area contributed by atoms with Gasteiger partial charge in [0.15, 0.2) is 0 Å². The zero-order chi connectivity index (χ0) is 26.5. The van der Waals surface area contributed by atoms with Crippen molar-refractivity contribution >= 4 is 5.91 Å². The van der Waals surface area contributed by atoms with E-state index in [-0.39, 0.29) is 24.7 Å². The summed E-state index contributed by atoms with van der Waals surface area (Å²) >= 11 is 0. The fourth-order valence-corrected chi connectivity index (χ4v) is 4.04. The molecule has 0 saturated carbocycles. The highest BCUT2D eigenvalue weighted by molar-refractivity contribution is 5.95. The Kier molecular flexibility index (Phi) is 8.51. The predicted octanol–water partition coefficient (Wildman–Crippen LogP) is 3.70. The van der Waals surface area contributed by atoms with Crippen LogP contribution < -0.4 is 10.1 Å². The van der Waals surface area contributed by atoms with Crippen molar-refractivity contribution in [2.24, 2.45) is 7.05 Å². The minimum atomic E-state index is -1.04. The highest BCUT2D eigenvalue weighted by Gasteiger charge is 2.23. The van der Waals surface area contributed by atoms with E-state index in [0.717, 1.165) is 16.8 Å². The first kappa shape index (κ1) is 26.9. The number of aliphatic hydroxyl groups excluding tert-OH is 1. The first-order valence-electron chi connectivity index (χ1n) is 12.0. The van der Waals surface area contributed by atoms with Crippen molar-refractivity contribution in [1.82, 2.24) is 14.9 Å². The molecule has 1 atom stereocenters. The summed E-state index contributed by atoms with van der Waals surface area (Å²) in [6, 6.07) is 14.4. The van der Waals surface area contributed by atoms with Gasteiger partial charge in [0.25, 0.3) is 5.91 Å². The monoisotopic (exact) mass is 490 g/mol. The highest BCUT2D eigenvalue weighted by Crippen LogP contribution is 2.25. The molecule has 36 heavy (non-hydrogen) atoms. The number of aliphatic hydroxyl groups is 2. The first-order valence-corrected chi connectivity index (χ1v) is 12.0. The van der Waals surface area contributed by atoms with Gasteiger partial charge in [-0.15, -0.1) is 0 Å². The van der Waals surface area contributed by atoms with Crippen molar-refractivity contribution in [2.45, 2.75) is 58.3 Å². The molecule has 8 nitrogen and oxygen atoms in total. The maximum Gasteiger partial charge on any atom is 0.251 e. The number of carbonyl (C=O) groups excluding carboxylic acids is 1. The number of nitriles is 1. The van der Waals surface area contributed by atoms with E-state index in [1.54, 1.807) is 26.0 Å². The van der Waals surface area contributed by atoms with Crippen LogP contribution in [0.15, 0.2) is 48.7 Å². The second-order valence-corrected chi connectivity index (χ2v) is 9.69. The van der Waals surface area contributed by atoms with Crippen LogP contribution in [0.1, 0.15) is 61.4 Å². The van der Waals surface area contributed by atoms with Gasteiger partial charge in [-0.3, -0.25) is 4.79 Å². The van der Waals surface area contributed by atoms with E-state index in [1.165, 1.54) is 6.07 Å². The third-order valence-corrected chi connectivity index (χ3v) is 5.69. The smallest absolute Gasteiger partial charge is 0.251 e. The van der Waals surface area contributed by atoms with Gasteiger partial charge >= 0.3 is 0 Å². The van der Waals surface area contributed by atoms with E-state index < -0.39 is 5.60 Å². The lowest BCUT2D eigenvalue weighted by atomic mass is 10.0. The zero-order valence-corrected chi connectivity index (χ0v) is 21.4. The number of imidazole rings is 1. The number of aromatic nitrogens is 2. The molecule has 2 aromatic carbocycles. The number of benzene rings is 2. The number of hydrogen-bond donors (Lipinski definition) is 3. The normalized spacial score (nSPS) is 12.3. The summed E-state index contributed by atoms with van der Waals surface area (Å²) < 4.78 is 7.44. The number of hydrogen-bond acceptors (Lipinski definition) is 6. The molecular formula is C28H34N4O4. The van der Waals surface area contributed by atoms with Crippen LogP contribution in [0.3, 0.4) is 0 Å². The molecule has 0 fully saturated rings. The van der Waals surface area contributed by atoms with Crippen LogP contribution in [0, 0.1) is 11.3 Å². The van der Waals surface area contributed by atoms with Gasteiger partial charge in [-0.2, -0.15) is 5.26 Å². The van der Waals surface area contributed by atoms with Gasteiger partial charge in [-0.25, -0.2) is 4.98 Å². The predicted molar refractivity (Wildman–Crippen MR) is 137 cm³/mol. The van der Waals surface area contributed by atoms with E-state index in [4.69, 9.17) is 4.74 Å². The van der Waals surface area contributed by atoms with Crippen LogP contribution in [0.2, 0.25) is 0 Å². The minimum Gasteiger partial charge on any atom is -0.490 e. The molecule has 0 bridgehead atoms. The largest absolute Gasteiger partial charge is 0.490 e. The number of aryl methyl sites for hydroxylation is 1. The van der Waals surface area contributed by atoms with Gasteiger partial charge in [0, 0.05) is 37.0 Å². The lowest BCUT2D eigenvalue weighted by molar-refractivity contribution is 0.0659. The fourth-order valence-electron chi connectivity index (χ4n) is 4.04. The molecule has 0 spiro atoms. The van der Waals surface area contributed by atoms with Crippen LogP contribution in [-0.2, 0) is 19.1 Å². The molecule has 3 rings (SSSR count). The highest BCUT2D eigenvalue weighted by atomic mass is 16.5. The van der Waals surface area contributed by atoms with Crippen molar-refractivity contribution in [3.05, 3.63) is 71.2 Å². The summed E-state index contributed by atoms with van der Waals surface area (Å²) in [6.07, 6.45) is 2.72. The molecule has 0 unspecified atom stereocenters. The summed E-state index contributed by atoms with van der Waals surface area (Å²) in [5.74, 6) is 0.708. The average Bonchev–Trinajstić information content (AvgIpc) is 3.21. The Morgan fingerprint density at radius 1 is 1.22 bits per heavy atom.